The number of carbonyl (C=O) groups excluding carboxylic acids is 1. The molecule has 116 valence electrons. The Morgan fingerprint density at radius 3 is 2.77 bits per heavy atom. The number of amides is 1. The SMILES string of the molecule is Cc1cc(C2CC(=O)Nc3c2c(C(C)C)nn3C)ccc1F. The van der Waals surface area contributed by atoms with Gasteiger partial charge in [0.2, 0.25) is 5.91 Å². The van der Waals surface area contributed by atoms with Crippen molar-refractivity contribution in [1.82, 2.24) is 9.78 Å². The molecule has 1 unspecified atom stereocenters. The van der Waals surface area contributed by atoms with Crippen molar-refractivity contribution < 1.29 is 9.18 Å². The van der Waals surface area contributed by atoms with Crippen LogP contribution in [0.25, 0.3) is 0 Å². The summed E-state index contributed by atoms with van der Waals surface area (Å²) >= 11 is 0. The predicted octanol–water partition coefficient (Wildman–Crippen LogP) is 3.47. The summed E-state index contributed by atoms with van der Waals surface area (Å²) in [6.07, 6.45) is 0.365. The highest BCUT2D eigenvalue weighted by atomic mass is 19.1. The second kappa shape index (κ2) is 5.23. The molecule has 2 heterocycles. The summed E-state index contributed by atoms with van der Waals surface area (Å²) in [4.78, 5) is 12.1. The lowest BCUT2D eigenvalue weighted by Crippen LogP contribution is -2.25. The van der Waals surface area contributed by atoms with E-state index in [1.807, 2.05) is 13.1 Å². The van der Waals surface area contributed by atoms with Crippen LogP contribution in [-0.4, -0.2) is 15.7 Å². The van der Waals surface area contributed by atoms with Gasteiger partial charge < -0.3 is 5.32 Å². The third-order valence-electron chi connectivity index (χ3n) is 4.24. The van der Waals surface area contributed by atoms with Crippen LogP contribution in [0.5, 0.6) is 0 Å². The van der Waals surface area contributed by atoms with E-state index < -0.39 is 0 Å². The first-order valence-electron chi connectivity index (χ1n) is 7.51. The Hall–Kier alpha value is -2.17. The van der Waals surface area contributed by atoms with Crippen molar-refractivity contribution in [3.63, 3.8) is 0 Å². The van der Waals surface area contributed by atoms with Crippen LogP contribution in [0.4, 0.5) is 10.2 Å². The predicted molar refractivity (Wildman–Crippen MR) is 83.5 cm³/mol. The van der Waals surface area contributed by atoms with Crippen LogP contribution in [0.15, 0.2) is 18.2 Å². The number of hydrogen-bond donors (Lipinski definition) is 1. The maximum absolute atomic E-state index is 13.6. The third-order valence-corrected chi connectivity index (χ3v) is 4.24. The van der Waals surface area contributed by atoms with Crippen molar-refractivity contribution in [2.75, 3.05) is 5.32 Å². The summed E-state index contributed by atoms with van der Waals surface area (Å²) in [5.74, 6) is 0.687. The van der Waals surface area contributed by atoms with Crippen LogP contribution >= 0.6 is 0 Å². The molecule has 0 aliphatic carbocycles. The molecule has 0 radical (unpaired) electrons. The molecular weight excluding hydrogens is 281 g/mol. The largest absolute Gasteiger partial charge is 0.311 e. The zero-order valence-corrected chi connectivity index (χ0v) is 13.3. The van der Waals surface area contributed by atoms with E-state index in [0.717, 1.165) is 22.6 Å². The van der Waals surface area contributed by atoms with E-state index in [-0.39, 0.29) is 23.6 Å². The zero-order valence-electron chi connectivity index (χ0n) is 13.3. The Kier molecular flexibility index (Phi) is 3.51. The molecule has 0 spiro atoms. The summed E-state index contributed by atoms with van der Waals surface area (Å²) in [7, 11) is 1.84. The lowest BCUT2D eigenvalue weighted by molar-refractivity contribution is -0.116. The van der Waals surface area contributed by atoms with Crippen LogP contribution in [0.2, 0.25) is 0 Å². The van der Waals surface area contributed by atoms with Gasteiger partial charge in [0.15, 0.2) is 0 Å². The number of aromatic nitrogens is 2. The molecule has 0 bridgehead atoms. The quantitative estimate of drug-likeness (QED) is 0.923. The lowest BCUT2D eigenvalue weighted by Gasteiger charge is -2.25. The molecule has 5 heteroatoms. The van der Waals surface area contributed by atoms with Gasteiger partial charge in [-0.2, -0.15) is 5.10 Å². The minimum atomic E-state index is -0.223. The lowest BCUT2D eigenvalue weighted by atomic mass is 9.83. The molecule has 0 saturated heterocycles. The van der Waals surface area contributed by atoms with Gasteiger partial charge in [-0.05, 0) is 30.0 Å². The van der Waals surface area contributed by atoms with Crippen molar-refractivity contribution >= 4 is 11.7 Å². The molecule has 1 aliphatic heterocycles. The molecule has 1 amide bonds. The minimum Gasteiger partial charge on any atom is -0.311 e. The number of halogens is 1. The first-order chi connectivity index (χ1) is 10.4. The smallest absolute Gasteiger partial charge is 0.226 e. The monoisotopic (exact) mass is 301 g/mol. The maximum Gasteiger partial charge on any atom is 0.226 e. The highest BCUT2D eigenvalue weighted by molar-refractivity contribution is 5.94. The highest BCUT2D eigenvalue weighted by Crippen LogP contribution is 2.41. The second-order valence-electron chi connectivity index (χ2n) is 6.24. The van der Waals surface area contributed by atoms with Gasteiger partial charge in [0.05, 0.1) is 5.69 Å². The van der Waals surface area contributed by atoms with Gasteiger partial charge in [-0.1, -0.05) is 26.0 Å². The number of nitrogens with zero attached hydrogens (tertiary/aromatic N) is 2. The number of nitrogens with one attached hydrogen (secondary N) is 1. The molecule has 3 rings (SSSR count). The van der Waals surface area contributed by atoms with Crippen LogP contribution < -0.4 is 5.32 Å². The maximum atomic E-state index is 13.6. The summed E-state index contributed by atoms with van der Waals surface area (Å²) in [5.41, 5.74) is 3.61. The van der Waals surface area contributed by atoms with Crippen molar-refractivity contribution in [3.8, 4) is 0 Å². The number of rotatable bonds is 2. The molecule has 0 fully saturated rings. The molecule has 1 aromatic carbocycles. The van der Waals surface area contributed by atoms with E-state index in [1.165, 1.54) is 6.07 Å². The normalized spacial score (nSPS) is 17.5. The number of carbonyl (C=O) groups is 1. The van der Waals surface area contributed by atoms with Crippen LogP contribution in [-0.2, 0) is 11.8 Å². The van der Waals surface area contributed by atoms with Crippen molar-refractivity contribution in [3.05, 3.63) is 46.4 Å². The Morgan fingerprint density at radius 2 is 2.14 bits per heavy atom. The molecule has 1 atom stereocenters. The fraction of sp³-hybridized carbons (Fsp3) is 0.412. The second-order valence-corrected chi connectivity index (χ2v) is 6.24. The number of anilines is 1. The van der Waals surface area contributed by atoms with Crippen LogP contribution in [0.3, 0.4) is 0 Å². The highest BCUT2D eigenvalue weighted by Gasteiger charge is 2.33. The molecule has 1 N–H and O–H groups in total. The summed E-state index contributed by atoms with van der Waals surface area (Å²) in [6.45, 7) is 5.92. The van der Waals surface area contributed by atoms with Crippen molar-refractivity contribution in [1.29, 1.82) is 0 Å². The zero-order chi connectivity index (χ0) is 16.0. The van der Waals surface area contributed by atoms with Gasteiger partial charge in [0.25, 0.3) is 0 Å². The molecule has 1 aliphatic rings. The topological polar surface area (TPSA) is 46.9 Å². The van der Waals surface area contributed by atoms with Crippen molar-refractivity contribution in [2.24, 2.45) is 7.05 Å². The third kappa shape index (κ3) is 2.30. The Balaban J connectivity index is 2.18. The van der Waals surface area contributed by atoms with Gasteiger partial charge >= 0.3 is 0 Å². The average Bonchev–Trinajstić information content (AvgIpc) is 2.79. The van der Waals surface area contributed by atoms with Gasteiger partial charge in [-0.25, -0.2) is 4.39 Å². The molecule has 4 nitrogen and oxygen atoms in total. The van der Waals surface area contributed by atoms with Crippen molar-refractivity contribution in [2.45, 2.75) is 39.0 Å². The molecular formula is C17H20FN3O. The fourth-order valence-electron chi connectivity index (χ4n) is 3.12. The first kappa shape index (κ1) is 14.8. The Labute approximate surface area is 129 Å². The van der Waals surface area contributed by atoms with Gasteiger partial charge in [-0.3, -0.25) is 9.48 Å². The molecule has 0 saturated carbocycles. The fourth-order valence-corrected chi connectivity index (χ4v) is 3.12. The van der Waals surface area contributed by atoms with E-state index in [0.29, 0.717) is 12.0 Å². The standard InChI is InChI=1S/C17H20FN3O/c1-9(2)16-15-12(11-5-6-13(18)10(3)7-11)8-14(22)19-17(15)21(4)20-16/h5-7,9,12H,8H2,1-4H3,(H,19,22). The number of hydrogen-bond acceptors (Lipinski definition) is 2. The molecule has 2 aromatic rings. The summed E-state index contributed by atoms with van der Waals surface area (Å²) in [6, 6.07) is 5.08. The number of aryl methyl sites for hydroxylation is 2. The Morgan fingerprint density at radius 1 is 1.41 bits per heavy atom. The number of benzene rings is 1. The van der Waals surface area contributed by atoms with E-state index in [2.05, 4.69) is 24.3 Å². The summed E-state index contributed by atoms with van der Waals surface area (Å²) < 4.78 is 15.3. The van der Waals surface area contributed by atoms with Crippen LogP contribution in [0.1, 0.15) is 54.5 Å². The Bertz CT molecular complexity index is 749. The average molecular weight is 301 g/mol. The van der Waals surface area contributed by atoms with E-state index in [9.17, 15) is 9.18 Å². The van der Waals surface area contributed by atoms with Gasteiger partial charge in [0, 0.05) is 24.9 Å². The van der Waals surface area contributed by atoms with E-state index in [1.54, 1.807) is 17.7 Å². The molecule has 1 aromatic heterocycles. The summed E-state index contributed by atoms with van der Waals surface area (Å²) in [5, 5.41) is 7.49. The van der Waals surface area contributed by atoms with E-state index in [4.69, 9.17) is 0 Å². The van der Waals surface area contributed by atoms with E-state index >= 15 is 0 Å². The van der Waals surface area contributed by atoms with Gasteiger partial charge in [0.1, 0.15) is 11.6 Å². The first-order valence-corrected chi connectivity index (χ1v) is 7.51. The van der Waals surface area contributed by atoms with Gasteiger partial charge in [-0.15, -0.1) is 0 Å². The van der Waals surface area contributed by atoms with Crippen LogP contribution in [0, 0.1) is 12.7 Å². The minimum absolute atomic E-state index is 0.0298. The molecule has 22 heavy (non-hydrogen) atoms. The number of fused-ring (bicyclic) bond motifs is 1.